The van der Waals surface area contributed by atoms with Crippen molar-refractivity contribution in [3.63, 3.8) is 0 Å². The number of likely N-dealkylation sites (tertiary alicyclic amines) is 1. The van der Waals surface area contributed by atoms with E-state index in [9.17, 15) is 19.5 Å². The molecule has 9 nitrogen and oxygen atoms in total. The van der Waals surface area contributed by atoms with Crippen molar-refractivity contribution >= 4 is 23.4 Å². The highest BCUT2D eigenvalue weighted by Crippen LogP contribution is 2.65. The number of benzene rings is 1. The summed E-state index contributed by atoms with van der Waals surface area (Å²) < 4.78 is 12.3. The highest BCUT2D eigenvalue weighted by atomic mass is 16.5. The van der Waals surface area contributed by atoms with E-state index in [4.69, 9.17) is 9.47 Å². The predicted octanol–water partition coefficient (Wildman–Crippen LogP) is 3.50. The Balaban J connectivity index is 1.65. The zero-order chi connectivity index (χ0) is 28.4. The molecule has 3 fully saturated rings. The minimum absolute atomic E-state index is 0.0182. The smallest absolute Gasteiger partial charge is 0.246 e. The van der Waals surface area contributed by atoms with Gasteiger partial charge in [0.2, 0.25) is 17.7 Å². The van der Waals surface area contributed by atoms with Gasteiger partial charge in [0.15, 0.2) is 0 Å². The molecule has 1 spiro atoms. The summed E-state index contributed by atoms with van der Waals surface area (Å²) in [6.07, 6.45) is 4.36. The SMILES string of the molecule is CCCC(C)NC(=O)C1N(CCCCCO)C(=O)[C@@H]2[C@@H](C(=O)Nc3ccc(OCC)cc3)[C@]3(C)OC12CC3C. The Morgan fingerprint density at radius 3 is 2.54 bits per heavy atom. The van der Waals surface area contributed by atoms with Crippen LogP contribution in [0.5, 0.6) is 5.75 Å². The summed E-state index contributed by atoms with van der Waals surface area (Å²) in [4.78, 5) is 43.5. The molecule has 4 rings (SSSR count). The maximum atomic E-state index is 14.1. The number of aliphatic hydroxyl groups is 1. The standard InChI is InChI=1S/C30H45N3O6/c1-6-11-20(4)31-27(36)25-30-18-19(3)29(5,39-30)23(24(30)28(37)33(25)16-9-8-10-17-34)26(35)32-21-12-14-22(15-13-21)38-7-2/h12-15,19-20,23-25,34H,6-11,16-18H2,1-5H3,(H,31,36)(H,32,35)/t19?,20?,23-,24-,25?,29+,30?/m0/s1. The third-order valence-electron chi connectivity index (χ3n) is 8.95. The van der Waals surface area contributed by atoms with Gasteiger partial charge < -0.3 is 30.1 Å². The summed E-state index contributed by atoms with van der Waals surface area (Å²) in [5.74, 6) is -1.44. The molecule has 1 aromatic rings. The molecule has 0 radical (unpaired) electrons. The van der Waals surface area contributed by atoms with Crippen LogP contribution in [-0.2, 0) is 19.1 Å². The third-order valence-corrected chi connectivity index (χ3v) is 8.95. The summed E-state index contributed by atoms with van der Waals surface area (Å²) in [5, 5.41) is 15.4. The molecule has 4 unspecified atom stereocenters. The number of carbonyl (C=O) groups excluding carboxylic acids is 3. The number of anilines is 1. The van der Waals surface area contributed by atoms with Crippen LogP contribution in [0, 0.1) is 17.8 Å². The van der Waals surface area contributed by atoms with Gasteiger partial charge in [-0.3, -0.25) is 14.4 Å². The van der Waals surface area contributed by atoms with Gasteiger partial charge in [0, 0.05) is 24.9 Å². The Bertz CT molecular complexity index is 1050. The number of ether oxygens (including phenoxy) is 2. The quantitative estimate of drug-likeness (QED) is 0.328. The number of hydrogen-bond acceptors (Lipinski definition) is 6. The van der Waals surface area contributed by atoms with Crippen LogP contribution >= 0.6 is 0 Å². The number of nitrogens with one attached hydrogen (secondary N) is 2. The lowest BCUT2D eigenvalue weighted by atomic mass is 9.62. The number of carbonyl (C=O) groups is 3. The molecule has 3 saturated heterocycles. The van der Waals surface area contributed by atoms with Gasteiger partial charge in [0.25, 0.3) is 0 Å². The van der Waals surface area contributed by atoms with Crippen molar-refractivity contribution in [2.75, 3.05) is 25.1 Å². The minimum Gasteiger partial charge on any atom is -0.494 e. The van der Waals surface area contributed by atoms with Crippen LogP contribution in [0.15, 0.2) is 24.3 Å². The second-order valence-corrected chi connectivity index (χ2v) is 11.7. The van der Waals surface area contributed by atoms with Crippen LogP contribution in [0.3, 0.4) is 0 Å². The lowest BCUT2D eigenvalue weighted by molar-refractivity contribution is -0.146. The number of fused-ring (bicyclic) bond motifs is 1. The van der Waals surface area contributed by atoms with E-state index >= 15 is 0 Å². The van der Waals surface area contributed by atoms with E-state index < -0.39 is 29.1 Å². The fourth-order valence-corrected chi connectivity index (χ4v) is 7.10. The van der Waals surface area contributed by atoms with Crippen LogP contribution in [0.2, 0.25) is 0 Å². The molecule has 3 heterocycles. The molecule has 2 bridgehead atoms. The molecule has 7 atom stereocenters. The first-order valence-electron chi connectivity index (χ1n) is 14.6. The molecule has 3 aliphatic rings. The Morgan fingerprint density at radius 1 is 1.18 bits per heavy atom. The highest BCUT2D eigenvalue weighted by molar-refractivity contribution is 6.02. The van der Waals surface area contributed by atoms with Crippen LogP contribution < -0.4 is 15.4 Å². The van der Waals surface area contributed by atoms with E-state index in [-0.39, 0.29) is 36.3 Å². The predicted molar refractivity (Wildman–Crippen MR) is 148 cm³/mol. The first kappa shape index (κ1) is 29.3. The maximum absolute atomic E-state index is 14.1. The van der Waals surface area contributed by atoms with Gasteiger partial charge in [-0.05, 0) is 83.1 Å². The number of aliphatic hydroxyl groups excluding tert-OH is 1. The van der Waals surface area contributed by atoms with E-state index in [0.29, 0.717) is 43.9 Å². The molecule has 216 valence electrons. The molecule has 39 heavy (non-hydrogen) atoms. The van der Waals surface area contributed by atoms with Crippen molar-refractivity contribution in [3.8, 4) is 5.75 Å². The number of unbranched alkanes of at least 4 members (excludes halogenated alkanes) is 2. The molecule has 3 amide bonds. The fourth-order valence-electron chi connectivity index (χ4n) is 7.10. The highest BCUT2D eigenvalue weighted by Gasteiger charge is 2.79. The minimum atomic E-state index is -1.06. The Hall–Kier alpha value is -2.65. The Kier molecular flexibility index (Phi) is 8.91. The van der Waals surface area contributed by atoms with Gasteiger partial charge in [0.05, 0.1) is 24.0 Å². The monoisotopic (exact) mass is 543 g/mol. The summed E-state index contributed by atoms with van der Waals surface area (Å²) in [6, 6.07) is 6.34. The second-order valence-electron chi connectivity index (χ2n) is 11.7. The summed E-state index contributed by atoms with van der Waals surface area (Å²) >= 11 is 0. The fraction of sp³-hybridized carbons (Fsp3) is 0.700. The van der Waals surface area contributed by atoms with E-state index in [0.717, 1.165) is 19.3 Å². The van der Waals surface area contributed by atoms with Gasteiger partial charge in [-0.15, -0.1) is 0 Å². The third kappa shape index (κ3) is 5.27. The molecule has 0 saturated carbocycles. The normalized spacial score (nSPS) is 31.7. The van der Waals surface area contributed by atoms with Crippen LogP contribution in [0.4, 0.5) is 5.69 Å². The van der Waals surface area contributed by atoms with Gasteiger partial charge >= 0.3 is 0 Å². The van der Waals surface area contributed by atoms with Crippen LogP contribution in [0.1, 0.15) is 73.1 Å². The van der Waals surface area contributed by atoms with Crippen molar-refractivity contribution in [3.05, 3.63) is 24.3 Å². The van der Waals surface area contributed by atoms with Gasteiger partial charge in [-0.2, -0.15) is 0 Å². The van der Waals surface area contributed by atoms with Gasteiger partial charge in [-0.1, -0.05) is 20.3 Å². The number of hydrogen-bond donors (Lipinski definition) is 3. The molecule has 0 aromatic heterocycles. The van der Waals surface area contributed by atoms with Crippen molar-refractivity contribution < 1.29 is 29.0 Å². The Labute approximate surface area is 232 Å². The lowest BCUT2D eigenvalue weighted by Crippen LogP contribution is -2.57. The molecule has 1 aromatic carbocycles. The van der Waals surface area contributed by atoms with E-state index in [1.807, 2.05) is 27.7 Å². The van der Waals surface area contributed by atoms with Crippen molar-refractivity contribution in [1.82, 2.24) is 10.2 Å². The second kappa shape index (κ2) is 11.8. The van der Waals surface area contributed by atoms with Gasteiger partial charge in [0.1, 0.15) is 17.4 Å². The van der Waals surface area contributed by atoms with E-state index in [1.165, 1.54) is 0 Å². The lowest BCUT2D eigenvalue weighted by Gasteiger charge is -2.36. The first-order chi connectivity index (χ1) is 18.6. The number of amides is 3. The average molecular weight is 544 g/mol. The molecular weight excluding hydrogens is 498 g/mol. The van der Waals surface area contributed by atoms with Crippen molar-refractivity contribution in [2.45, 2.75) is 96.4 Å². The van der Waals surface area contributed by atoms with Crippen molar-refractivity contribution in [2.24, 2.45) is 17.8 Å². The zero-order valence-corrected chi connectivity index (χ0v) is 24.0. The van der Waals surface area contributed by atoms with Crippen LogP contribution in [-0.4, -0.2) is 70.8 Å². The van der Waals surface area contributed by atoms with Crippen molar-refractivity contribution in [1.29, 1.82) is 0 Å². The topological polar surface area (TPSA) is 117 Å². The summed E-state index contributed by atoms with van der Waals surface area (Å²) in [6.45, 7) is 11.0. The molecule has 9 heteroatoms. The van der Waals surface area contributed by atoms with E-state index in [1.54, 1.807) is 29.2 Å². The molecule has 3 N–H and O–H groups in total. The number of rotatable bonds is 13. The summed E-state index contributed by atoms with van der Waals surface area (Å²) in [7, 11) is 0. The Morgan fingerprint density at radius 2 is 1.90 bits per heavy atom. The maximum Gasteiger partial charge on any atom is 0.246 e. The largest absolute Gasteiger partial charge is 0.494 e. The van der Waals surface area contributed by atoms with Crippen LogP contribution in [0.25, 0.3) is 0 Å². The first-order valence-corrected chi connectivity index (χ1v) is 14.6. The number of nitrogens with zero attached hydrogens (tertiary/aromatic N) is 1. The van der Waals surface area contributed by atoms with E-state index in [2.05, 4.69) is 17.6 Å². The summed E-state index contributed by atoms with van der Waals surface area (Å²) in [5.41, 5.74) is -1.31. The zero-order valence-electron chi connectivity index (χ0n) is 24.0. The molecule has 3 aliphatic heterocycles. The molecule has 0 aliphatic carbocycles. The van der Waals surface area contributed by atoms with Gasteiger partial charge in [-0.25, -0.2) is 0 Å². The average Bonchev–Trinajstić information content (AvgIpc) is 3.40. The molecular formula is C30H45N3O6.